The normalized spacial score (nSPS) is 15.0. The Morgan fingerprint density at radius 1 is 0.969 bits per heavy atom. The van der Waals surface area contributed by atoms with Gasteiger partial charge < -0.3 is 14.2 Å². The van der Waals surface area contributed by atoms with Crippen LogP contribution in [-0.2, 0) is 4.79 Å². The Morgan fingerprint density at radius 3 is 2.47 bits per heavy atom. The van der Waals surface area contributed by atoms with Gasteiger partial charge in [0.25, 0.3) is 11.1 Å². The molecule has 1 aliphatic rings. The molecule has 0 aromatic heterocycles. The highest BCUT2D eigenvalue weighted by molar-refractivity contribution is 8.18. The topological polar surface area (TPSA) is 65.1 Å². The zero-order valence-electron chi connectivity index (χ0n) is 17.5. The number of fused-ring (bicyclic) bond motifs is 1. The maximum atomic E-state index is 12.8. The number of rotatable bonds is 7. The van der Waals surface area contributed by atoms with E-state index in [2.05, 4.69) is 0 Å². The first-order chi connectivity index (χ1) is 15.5. The standard InChI is InChI=1S/C24H20ClNO5S/c1-29-20-12-16(18(25)14-21(20)30-2)13-22-23(27)26(24(28)32-22)10-11-31-19-9-5-7-15-6-3-4-8-17(15)19/h3-9,12-14H,10-11H2,1-2H3/b22-13-. The number of methoxy groups -OCH3 is 2. The first-order valence-electron chi connectivity index (χ1n) is 9.79. The number of amides is 2. The monoisotopic (exact) mass is 469 g/mol. The molecule has 0 saturated carbocycles. The molecule has 8 heteroatoms. The van der Waals surface area contributed by atoms with Gasteiger partial charge in [-0.25, -0.2) is 0 Å². The molecule has 0 N–H and O–H groups in total. The Bertz CT molecular complexity index is 1220. The number of carbonyl (C=O) groups is 2. The maximum Gasteiger partial charge on any atom is 0.293 e. The van der Waals surface area contributed by atoms with Gasteiger partial charge in [-0.3, -0.25) is 14.5 Å². The summed E-state index contributed by atoms with van der Waals surface area (Å²) in [5.74, 6) is 1.29. The van der Waals surface area contributed by atoms with E-state index in [1.165, 1.54) is 19.1 Å². The largest absolute Gasteiger partial charge is 0.493 e. The van der Waals surface area contributed by atoms with Crippen molar-refractivity contribution < 1.29 is 23.8 Å². The molecule has 2 amide bonds. The lowest BCUT2D eigenvalue weighted by molar-refractivity contribution is -0.123. The molecule has 0 aliphatic carbocycles. The van der Waals surface area contributed by atoms with Crippen LogP contribution in [0, 0.1) is 0 Å². The molecule has 1 fully saturated rings. The van der Waals surface area contributed by atoms with Crippen molar-refractivity contribution in [2.24, 2.45) is 0 Å². The van der Waals surface area contributed by atoms with E-state index in [1.54, 1.807) is 18.2 Å². The Morgan fingerprint density at radius 2 is 1.69 bits per heavy atom. The molecule has 3 aromatic carbocycles. The predicted molar refractivity (Wildman–Crippen MR) is 127 cm³/mol. The molecule has 1 saturated heterocycles. The zero-order valence-corrected chi connectivity index (χ0v) is 19.0. The van der Waals surface area contributed by atoms with E-state index in [-0.39, 0.29) is 29.2 Å². The van der Waals surface area contributed by atoms with Crippen molar-refractivity contribution in [3.63, 3.8) is 0 Å². The van der Waals surface area contributed by atoms with Gasteiger partial charge in [0, 0.05) is 11.5 Å². The van der Waals surface area contributed by atoms with E-state index in [1.807, 2.05) is 42.5 Å². The predicted octanol–water partition coefficient (Wildman–Crippen LogP) is 5.63. The summed E-state index contributed by atoms with van der Waals surface area (Å²) in [4.78, 5) is 26.7. The lowest BCUT2D eigenvalue weighted by atomic mass is 10.1. The quantitative estimate of drug-likeness (QED) is 0.418. The average Bonchev–Trinajstić information content (AvgIpc) is 3.07. The number of hydrogen-bond acceptors (Lipinski definition) is 6. The van der Waals surface area contributed by atoms with Gasteiger partial charge in [-0.05, 0) is 40.9 Å². The molecular formula is C24H20ClNO5S. The number of nitrogens with zero attached hydrogens (tertiary/aromatic N) is 1. The van der Waals surface area contributed by atoms with Crippen LogP contribution in [0.3, 0.4) is 0 Å². The molecule has 3 aromatic rings. The van der Waals surface area contributed by atoms with Crippen molar-refractivity contribution in [3.05, 3.63) is 70.1 Å². The second kappa shape index (κ2) is 9.54. The number of halogens is 1. The number of hydrogen-bond donors (Lipinski definition) is 0. The van der Waals surface area contributed by atoms with E-state index in [9.17, 15) is 9.59 Å². The SMILES string of the molecule is COc1cc(Cl)c(/C=C2\SC(=O)N(CCOc3cccc4ccccc34)C2=O)cc1OC. The number of benzene rings is 3. The molecule has 1 aliphatic heterocycles. The first-order valence-corrected chi connectivity index (χ1v) is 11.0. The van der Waals surface area contributed by atoms with E-state index < -0.39 is 0 Å². The summed E-state index contributed by atoms with van der Waals surface area (Å²) in [6, 6.07) is 16.9. The van der Waals surface area contributed by atoms with Crippen molar-refractivity contribution in [1.82, 2.24) is 4.90 Å². The van der Waals surface area contributed by atoms with Gasteiger partial charge in [0.2, 0.25) is 0 Å². The minimum atomic E-state index is -0.382. The van der Waals surface area contributed by atoms with E-state index >= 15 is 0 Å². The van der Waals surface area contributed by atoms with Crippen LogP contribution >= 0.6 is 23.4 Å². The first kappa shape index (κ1) is 22.0. The number of thioether (sulfide) groups is 1. The smallest absolute Gasteiger partial charge is 0.293 e. The van der Waals surface area contributed by atoms with Crippen molar-refractivity contribution in [2.75, 3.05) is 27.4 Å². The molecule has 0 radical (unpaired) electrons. The van der Waals surface area contributed by atoms with Crippen LogP contribution in [-0.4, -0.2) is 43.4 Å². The number of ether oxygens (including phenoxy) is 3. The van der Waals surface area contributed by atoms with Crippen LogP contribution in [0.2, 0.25) is 5.02 Å². The van der Waals surface area contributed by atoms with Gasteiger partial charge in [0.05, 0.1) is 30.7 Å². The Hall–Kier alpha value is -3.16. The molecule has 6 nitrogen and oxygen atoms in total. The fraction of sp³-hybridized carbons (Fsp3) is 0.167. The summed E-state index contributed by atoms with van der Waals surface area (Å²) in [7, 11) is 3.03. The second-order valence-electron chi connectivity index (χ2n) is 6.89. The van der Waals surface area contributed by atoms with Gasteiger partial charge in [-0.2, -0.15) is 0 Å². The third-order valence-electron chi connectivity index (χ3n) is 4.99. The Labute approximate surface area is 194 Å². The summed E-state index contributed by atoms with van der Waals surface area (Å²) >= 11 is 7.19. The molecule has 0 spiro atoms. The van der Waals surface area contributed by atoms with Gasteiger partial charge in [-0.15, -0.1) is 0 Å². The summed E-state index contributed by atoms with van der Waals surface area (Å²) in [6.07, 6.45) is 1.58. The lowest BCUT2D eigenvalue weighted by Gasteiger charge is -2.14. The third kappa shape index (κ3) is 4.40. The summed E-state index contributed by atoms with van der Waals surface area (Å²) < 4.78 is 16.4. The zero-order chi connectivity index (χ0) is 22.7. The van der Waals surface area contributed by atoms with Crippen LogP contribution in [0.4, 0.5) is 4.79 Å². The van der Waals surface area contributed by atoms with E-state index in [0.717, 1.165) is 22.5 Å². The van der Waals surface area contributed by atoms with Crippen molar-refractivity contribution in [2.45, 2.75) is 0 Å². The fourth-order valence-electron chi connectivity index (χ4n) is 3.38. The highest BCUT2D eigenvalue weighted by Gasteiger charge is 2.35. The van der Waals surface area contributed by atoms with Gasteiger partial charge >= 0.3 is 0 Å². The van der Waals surface area contributed by atoms with E-state index in [0.29, 0.717) is 27.8 Å². The minimum Gasteiger partial charge on any atom is -0.493 e. The Balaban J connectivity index is 1.47. The summed E-state index contributed by atoms with van der Waals surface area (Å²) in [5, 5.41) is 2.08. The van der Waals surface area contributed by atoms with Crippen LogP contribution in [0.5, 0.6) is 17.2 Å². The Kier molecular flexibility index (Phi) is 6.58. The fourth-order valence-corrected chi connectivity index (χ4v) is 4.45. The molecule has 32 heavy (non-hydrogen) atoms. The van der Waals surface area contributed by atoms with Crippen molar-refractivity contribution in [1.29, 1.82) is 0 Å². The highest BCUT2D eigenvalue weighted by Crippen LogP contribution is 2.37. The van der Waals surface area contributed by atoms with Crippen molar-refractivity contribution in [3.8, 4) is 17.2 Å². The van der Waals surface area contributed by atoms with Gasteiger partial charge in [0.15, 0.2) is 11.5 Å². The molecular weight excluding hydrogens is 450 g/mol. The maximum absolute atomic E-state index is 12.8. The molecule has 0 bridgehead atoms. The second-order valence-corrected chi connectivity index (χ2v) is 8.29. The summed E-state index contributed by atoms with van der Waals surface area (Å²) in [5.41, 5.74) is 0.557. The number of carbonyl (C=O) groups excluding carboxylic acids is 2. The van der Waals surface area contributed by atoms with Crippen LogP contribution in [0.15, 0.2) is 59.5 Å². The minimum absolute atomic E-state index is 0.144. The third-order valence-corrected chi connectivity index (χ3v) is 6.22. The number of imide groups is 1. The van der Waals surface area contributed by atoms with Crippen LogP contribution in [0.1, 0.15) is 5.56 Å². The molecule has 164 valence electrons. The average molecular weight is 470 g/mol. The molecule has 0 unspecified atom stereocenters. The molecule has 0 atom stereocenters. The highest BCUT2D eigenvalue weighted by atomic mass is 35.5. The lowest BCUT2D eigenvalue weighted by Crippen LogP contribution is -2.32. The van der Waals surface area contributed by atoms with Crippen molar-refractivity contribution >= 4 is 51.4 Å². The van der Waals surface area contributed by atoms with Crippen LogP contribution < -0.4 is 14.2 Å². The van der Waals surface area contributed by atoms with Gasteiger partial charge in [0.1, 0.15) is 12.4 Å². The van der Waals surface area contributed by atoms with Gasteiger partial charge in [-0.1, -0.05) is 48.0 Å². The molecule has 4 rings (SSSR count). The van der Waals surface area contributed by atoms with Crippen LogP contribution in [0.25, 0.3) is 16.8 Å². The summed E-state index contributed by atoms with van der Waals surface area (Å²) in [6.45, 7) is 0.335. The van der Waals surface area contributed by atoms with E-state index in [4.69, 9.17) is 25.8 Å². The molecule has 1 heterocycles.